The zero-order valence-electron chi connectivity index (χ0n) is 18.2. The Hall–Kier alpha value is -2.57. The van der Waals surface area contributed by atoms with Crippen LogP contribution in [0.2, 0.25) is 5.02 Å². The lowest BCUT2D eigenvalue weighted by Gasteiger charge is -2.32. The average Bonchev–Trinajstić information content (AvgIpc) is 2.79. The summed E-state index contributed by atoms with van der Waals surface area (Å²) in [5.74, 6) is 0.894. The molecule has 0 bridgehead atoms. The molecular formula is C24H31ClN4O2. The van der Waals surface area contributed by atoms with Gasteiger partial charge in [-0.3, -0.25) is 9.79 Å². The minimum atomic E-state index is -0.185. The molecule has 3 N–H and O–H groups in total. The zero-order valence-corrected chi connectivity index (χ0v) is 18.9. The topological polar surface area (TPSA) is 74.8 Å². The minimum absolute atomic E-state index is 0.0925. The van der Waals surface area contributed by atoms with Crippen LogP contribution in [0.25, 0.3) is 0 Å². The van der Waals surface area contributed by atoms with Crippen LogP contribution < -0.4 is 16.0 Å². The zero-order chi connectivity index (χ0) is 22.1. The summed E-state index contributed by atoms with van der Waals surface area (Å²) >= 11 is 6.07. The maximum absolute atomic E-state index is 12.2. The molecule has 6 nitrogen and oxygen atoms in total. The molecule has 0 saturated carbocycles. The molecule has 1 amide bonds. The highest BCUT2D eigenvalue weighted by atomic mass is 35.5. The summed E-state index contributed by atoms with van der Waals surface area (Å²) in [6.45, 7) is 4.68. The second-order valence-electron chi connectivity index (χ2n) is 7.72. The fourth-order valence-corrected chi connectivity index (χ4v) is 3.94. The summed E-state index contributed by atoms with van der Waals surface area (Å²) in [5, 5.41) is 9.96. The number of ether oxygens (including phenoxy) is 1. The summed E-state index contributed by atoms with van der Waals surface area (Å²) in [6.07, 6.45) is 2.26. The number of aryl methyl sites for hydroxylation is 1. The van der Waals surface area contributed by atoms with Crippen molar-refractivity contribution in [1.29, 1.82) is 0 Å². The lowest BCUT2D eigenvalue weighted by molar-refractivity contribution is -0.0265. The van der Waals surface area contributed by atoms with Gasteiger partial charge < -0.3 is 20.7 Å². The van der Waals surface area contributed by atoms with Crippen LogP contribution in [0.15, 0.2) is 53.5 Å². The quantitative estimate of drug-likeness (QED) is 0.347. The van der Waals surface area contributed by atoms with E-state index in [0.29, 0.717) is 35.6 Å². The van der Waals surface area contributed by atoms with Gasteiger partial charge in [0.05, 0.1) is 16.7 Å². The van der Waals surface area contributed by atoms with Gasteiger partial charge in [0, 0.05) is 39.2 Å². The van der Waals surface area contributed by atoms with Crippen LogP contribution in [0.4, 0.5) is 0 Å². The Morgan fingerprint density at radius 2 is 1.84 bits per heavy atom. The maximum Gasteiger partial charge on any atom is 0.252 e. The third-order valence-electron chi connectivity index (χ3n) is 5.43. The first kappa shape index (κ1) is 23.1. The third kappa shape index (κ3) is 6.71. The maximum atomic E-state index is 12.2. The number of halogens is 1. The predicted octanol–water partition coefficient (Wildman–Crippen LogP) is 3.71. The van der Waals surface area contributed by atoms with Crippen LogP contribution in [0.1, 0.15) is 40.4 Å². The van der Waals surface area contributed by atoms with Crippen LogP contribution in [0.5, 0.6) is 0 Å². The highest BCUT2D eigenvalue weighted by Gasteiger charge is 2.27. The first-order valence-electron chi connectivity index (χ1n) is 10.7. The van der Waals surface area contributed by atoms with Crippen LogP contribution >= 0.6 is 11.6 Å². The van der Waals surface area contributed by atoms with Crippen molar-refractivity contribution in [1.82, 2.24) is 16.0 Å². The number of hydrogen-bond acceptors (Lipinski definition) is 3. The lowest BCUT2D eigenvalue weighted by Crippen LogP contribution is -2.44. The second-order valence-corrected chi connectivity index (χ2v) is 8.13. The Morgan fingerprint density at radius 1 is 1.10 bits per heavy atom. The van der Waals surface area contributed by atoms with Crippen LogP contribution in [0.3, 0.4) is 0 Å². The molecule has 1 saturated heterocycles. The van der Waals surface area contributed by atoms with Crippen molar-refractivity contribution >= 4 is 23.5 Å². The van der Waals surface area contributed by atoms with Crippen LogP contribution in [-0.4, -0.2) is 45.2 Å². The van der Waals surface area contributed by atoms with Gasteiger partial charge in [0.1, 0.15) is 0 Å². The average molecular weight is 443 g/mol. The van der Waals surface area contributed by atoms with Crippen molar-refractivity contribution in [3.05, 3.63) is 70.2 Å². The summed E-state index contributed by atoms with van der Waals surface area (Å²) in [6, 6.07) is 15.6. The standard InChI is InChI=1S/C24H31ClN4O2/c1-17-9-11-18(12-10-17)22-19(6-5-15-31-22)16-29-24(26-2)28-14-13-27-23(30)20-7-3-4-8-21(20)25/h3-4,7-12,19,22H,5-6,13-16H2,1-2H3,(H,27,30)(H2,26,28,29). The van der Waals surface area contributed by atoms with Crippen molar-refractivity contribution < 1.29 is 9.53 Å². The molecule has 1 heterocycles. The molecule has 2 aromatic rings. The van der Waals surface area contributed by atoms with Crippen molar-refractivity contribution in [2.24, 2.45) is 10.9 Å². The van der Waals surface area contributed by atoms with Gasteiger partial charge in [-0.2, -0.15) is 0 Å². The lowest BCUT2D eigenvalue weighted by atomic mass is 9.89. The molecule has 3 rings (SSSR count). The Balaban J connectivity index is 1.44. The SMILES string of the molecule is CN=C(NCCNC(=O)c1ccccc1Cl)NCC1CCCOC1c1ccc(C)cc1. The molecule has 0 spiro atoms. The van der Waals surface area contributed by atoms with Crippen molar-refractivity contribution in [3.8, 4) is 0 Å². The number of nitrogens with zero attached hydrogens (tertiary/aromatic N) is 1. The molecule has 166 valence electrons. The van der Waals surface area contributed by atoms with E-state index in [1.54, 1.807) is 31.3 Å². The Kier molecular flexibility index (Phi) is 8.74. The van der Waals surface area contributed by atoms with Gasteiger partial charge >= 0.3 is 0 Å². The van der Waals surface area contributed by atoms with E-state index in [2.05, 4.69) is 52.1 Å². The molecule has 0 aliphatic carbocycles. The molecule has 1 aliphatic heterocycles. The number of benzene rings is 2. The number of amides is 1. The number of nitrogens with one attached hydrogen (secondary N) is 3. The number of guanidine groups is 1. The summed E-state index contributed by atoms with van der Waals surface area (Å²) in [4.78, 5) is 16.5. The van der Waals surface area contributed by atoms with Gasteiger partial charge in [-0.25, -0.2) is 0 Å². The Morgan fingerprint density at radius 3 is 2.58 bits per heavy atom. The van der Waals surface area contributed by atoms with Crippen molar-refractivity contribution in [2.75, 3.05) is 33.3 Å². The fraction of sp³-hybridized carbons (Fsp3) is 0.417. The fourth-order valence-electron chi connectivity index (χ4n) is 3.72. The monoisotopic (exact) mass is 442 g/mol. The van der Waals surface area contributed by atoms with E-state index < -0.39 is 0 Å². The van der Waals surface area contributed by atoms with Crippen LogP contribution in [0, 0.1) is 12.8 Å². The molecular weight excluding hydrogens is 412 g/mol. The highest BCUT2D eigenvalue weighted by molar-refractivity contribution is 6.33. The van der Waals surface area contributed by atoms with Crippen molar-refractivity contribution in [3.63, 3.8) is 0 Å². The number of carbonyl (C=O) groups excluding carboxylic acids is 1. The van der Waals surface area contributed by atoms with Gasteiger partial charge in [-0.1, -0.05) is 53.6 Å². The van der Waals surface area contributed by atoms with Gasteiger partial charge in [-0.05, 0) is 37.5 Å². The molecule has 0 aromatic heterocycles. The molecule has 1 fully saturated rings. The van der Waals surface area contributed by atoms with Gasteiger partial charge in [-0.15, -0.1) is 0 Å². The van der Waals surface area contributed by atoms with E-state index in [1.807, 2.05) is 0 Å². The van der Waals surface area contributed by atoms with Gasteiger partial charge in [0.25, 0.3) is 5.91 Å². The van der Waals surface area contributed by atoms with Crippen molar-refractivity contribution in [2.45, 2.75) is 25.9 Å². The van der Waals surface area contributed by atoms with Gasteiger partial charge in [0.15, 0.2) is 5.96 Å². The van der Waals surface area contributed by atoms with E-state index >= 15 is 0 Å². The highest BCUT2D eigenvalue weighted by Crippen LogP contribution is 2.33. The molecule has 2 unspecified atom stereocenters. The first-order valence-corrected chi connectivity index (χ1v) is 11.1. The van der Waals surface area contributed by atoms with E-state index in [9.17, 15) is 4.79 Å². The van der Waals surface area contributed by atoms with E-state index in [4.69, 9.17) is 16.3 Å². The van der Waals surface area contributed by atoms with Crippen LogP contribution in [-0.2, 0) is 4.74 Å². The van der Waals surface area contributed by atoms with E-state index in [0.717, 1.165) is 26.0 Å². The number of carbonyl (C=O) groups is 1. The minimum Gasteiger partial charge on any atom is -0.373 e. The largest absolute Gasteiger partial charge is 0.373 e. The Bertz CT molecular complexity index is 885. The number of hydrogen-bond donors (Lipinski definition) is 3. The smallest absolute Gasteiger partial charge is 0.252 e. The first-order chi connectivity index (χ1) is 15.1. The summed E-state index contributed by atoms with van der Waals surface area (Å²) in [5.41, 5.74) is 2.95. The number of rotatable bonds is 7. The number of aliphatic imine (C=N–C) groups is 1. The van der Waals surface area contributed by atoms with E-state index in [-0.39, 0.29) is 12.0 Å². The molecule has 2 atom stereocenters. The molecule has 31 heavy (non-hydrogen) atoms. The second kappa shape index (κ2) is 11.7. The van der Waals surface area contributed by atoms with Gasteiger partial charge in [0.2, 0.25) is 0 Å². The molecule has 0 radical (unpaired) electrons. The molecule has 2 aromatic carbocycles. The summed E-state index contributed by atoms with van der Waals surface area (Å²) in [7, 11) is 1.74. The Labute approximate surface area is 189 Å². The predicted molar refractivity (Wildman–Crippen MR) is 126 cm³/mol. The van der Waals surface area contributed by atoms with E-state index in [1.165, 1.54) is 11.1 Å². The molecule has 7 heteroatoms. The molecule has 1 aliphatic rings. The third-order valence-corrected chi connectivity index (χ3v) is 5.76. The normalized spacial score (nSPS) is 19.0. The summed E-state index contributed by atoms with van der Waals surface area (Å²) < 4.78 is 6.10.